The summed E-state index contributed by atoms with van der Waals surface area (Å²) in [4.78, 5) is 5.34. The number of aryl methyl sites for hydroxylation is 2. The van der Waals surface area contributed by atoms with Gasteiger partial charge in [-0.3, -0.25) is 0 Å². The predicted molar refractivity (Wildman–Crippen MR) is 107 cm³/mol. The molecule has 0 spiro atoms. The first-order chi connectivity index (χ1) is 13.2. The van der Waals surface area contributed by atoms with Crippen molar-refractivity contribution in [1.82, 2.24) is 15.2 Å². The monoisotopic (exact) mass is 395 g/mol. The molecular weight excluding hydrogens is 378 g/mol. The van der Waals surface area contributed by atoms with Crippen LogP contribution in [0.25, 0.3) is 10.8 Å². The maximum Gasteiger partial charge on any atom is 0.277 e. The van der Waals surface area contributed by atoms with Gasteiger partial charge in [-0.05, 0) is 32.0 Å². The summed E-state index contributed by atoms with van der Waals surface area (Å²) in [5.74, 6) is 2.83. The number of rotatable bonds is 6. The molecule has 27 heavy (non-hydrogen) atoms. The number of thiazole rings is 1. The first-order valence-electron chi connectivity index (χ1n) is 8.40. The lowest BCUT2D eigenvalue weighted by atomic mass is 10.2. The van der Waals surface area contributed by atoms with Crippen molar-refractivity contribution in [2.45, 2.75) is 24.8 Å². The van der Waals surface area contributed by atoms with E-state index in [-0.39, 0.29) is 0 Å². The van der Waals surface area contributed by atoms with Gasteiger partial charge in [0.05, 0.1) is 10.7 Å². The summed E-state index contributed by atoms with van der Waals surface area (Å²) >= 11 is 3.05. The summed E-state index contributed by atoms with van der Waals surface area (Å²) in [5, 5.41) is 9.84. The number of hydrogen-bond donors (Lipinski definition) is 0. The molecule has 0 saturated heterocycles. The van der Waals surface area contributed by atoms with E-state index in [0.29, 0.717) is 16.9 Å². The van der Waals surface area contributed by atoms with Gasteiger partial charge in [-0.2, -0.15) is 0 Å². The highest BCUT2D eigenvalue weighted by atomic mass is 32.2. The van der Waals surface area contributed by atoms with Crippen molar-refractivity contribution in [3.05, 3.63) is 70.9 Å². The minimum atomic E-state index is 0.523. The van der Waals surface area contributed by atoms with Gasteiger partial charge in [-0.1, -0.05) is 48.2 Å². The molecule has 0 radical (unpaired) electrons. The molecule has 2 heterocycles. The van der Waals surface area contributed by atoms with Crippen molar-refractivity contribution in [3.63, 3.8) is 0 Å². The molecule has 0 bridgehead atoms. The third kappa shape index (κ3) is 4.20. The SMILES string of the molecule is Cc1nc(C)c(-c2nnc(SCc3ccccc3Oc3ccccc3)o2)s1. The molecule has 0 atom stereocenters. The van der Waals surface area contributed by atoms with Crippen LogP contribution in [0.2, 0.25) is 0 Å². The van der Waals surface area contributed by atoms with Crippen molar-refractivity contribution < 1.29 is 9.15 Å². The highest BCUT2D eigenvalue weighted by Crippen LogP contribution is 2.33. The van der Waals surface area contributed by atoms with Crippen molar-refractivity contribution in [2.24, 2.45) is 0 Å². The molecule has 7 heteroatoms. The molecule has 0 fully saturated rings. The molecule has 2 aromatic heterocycles. The van der Waals surface area contributed by atoms with E-state index in [1.807, 2.05) is 68.4 Å². The Morgan fingerprint density at radius 1 is 1.00 bits per heavy atom. The van der Waals surface area contributed by atoms with Gasteiger partial charge in [-0.15, -0.1) is 21.5 Å². The molecule has 0 aliphatic carbocycles. The number of benzene rings is 2. The smallest absolute Gasteiger partial charge is 0.277 e. The third-order valence-electron chi connectivity index (χ3n) is 3.80. The molecule has 0 aliphatic heterocycles. The standard InChI is InChI=1S/C20H17N3O2S2/c1-13-18(27-14(2)21-13)19-22-23-20(25-19)26-12-15-8-6-7-11-17(15)24-16-9-4-3-5-10-16/h3-11H,12H2,1-2H3. The topological polar surface area (TPSA) is 61.0 Å². The molecule has 2 aromatic carbocycles. The lowest BCUT2D eigenvalue weighted by Crippen LogP contribution is -1.90. The second kappa shape index (κ2) is 7.94. The van der Waals surface area contributed by atoms with Gasteiger partial charge in [0.15, 0.2) is 0 Å². The number of nitrogens with zero attached hydrogens (tertiary/aromatic N) is 3. The highest BCUT2D eigenvalue weighted by molar-refractivity contribution is 7.98. The van der Waals surface area contributed by atoms with Gasteiger partial charge in [0, 0.05) is 11.3 Å². The maximum absolute atomic E-state index is 6.00. The average Bonchev–Trinajstić information content (AvgIpc) is 3.27. The zero-order valence-electron chi connectivity index (χ0n) is 14.9. The van der Waals surface area contributed by atoms with Gasteiger partial charge >= 0.3 is 0 Å². The second-order valence-electron chi connectivity index (χ2n) is 5.83. The number of para-hydroxylation sites is 2. The van der Waals surface area contributed by atoms with E-state index in [2.05, 4.69) is 15.2 Å². The molecule has 0 amide bonds. The number of thioether (sulfide) groups is 1. The minimum absolute atomic E-state index is 0.523. The second-order valence-corrected chi connectivity index (χ2v) is 7.96. The van der Waals surface area contributed by atoms with Crippen LogP contribution in [0.15, 0.2) is 64.2 Å². The van der Waals surface area contributed by atoms with E-state index in [0.717, 1.165) is 32.6 Å². The van der Waals surface area contributed by atoms with E-state index in [1.54, 1.807) is 11.3 Å². The highest BCUT2D eigenvalue weighted by Gasteiger charge is 2.15. The summed E-state index contributed by atoms with van der Waals surface area (Å²) in [6.45, 7) is 3.92. The van der Waals surface area contributed by atoms with Gasteiger partial charge in [0.2, 0.25) is 0 Å². The first kappa shape index (κ1) is 17.8. The quantitative estimate of drug-likeness (QED) is 0.379. The zero-order chi connectivity index (χ0) is 18.6. The van der Waals surface area contributed by atoms with Gasteiger partial charge in [0.25, 0.3) is 11.1 Å². The van der Waals surface area contributed by atoms with Gasteiger partial charge in [-0.25, -0.2) is 4.98 Å². The Labute approximate surface area is 165 Å². The molecule has 0 aliphatic rings. The fraction of sp³-hybridized carbons (Fsp3) is 0.150. The van der Waals surface area contributed by atoms with Crippen molar-refractivity contribution in [3.8, 4) is 22.3 Å². The van der Waals surface area contributed by atoms with Gasteiger partial charge in [0.1, 0.15) is 16.4 Å². The number of aromatic nitrogens is 3. The minimum Gasteiger partial charge on any atom is -0.457 e. The van der Waals surface area contributed by atoms with E-state index < -0.39 is 0 Å². The summed E-state index contributed by atoms with van der Waals surface area (Å²) < 4.78 is 11.8. The molecule has 0 saturated carbocycles. The summed E-state index contributed by atoms with van der Waals surface area (Å²) in [6.07, 6.45) is 0. The van der Waals surface area contributed by atoms with Crippen molar-refractivity contribution in [1.29, 1.82) is 0 Å². The van der Waals surface area contributed by atoms with Crippen LogP contribution in [0.4, 0.5) is 0 Å². The Hall–Kier alpha value is -2.64. The van der Waals surface area contributed by atoms with Crippen molar-refractivity contribution in [2.75, 3.05) is 0 Å². The number of ether oxygens (including phenoxy) is 1. The van der Waals surface area contributed by atoms with Crippen LogP contribution in [0.3, 0.4) is 0 Å². The van der Waals surface area contributed by atoms with Crippen molar-refractivity contribution >= 4 is 23.1 Å². The molecule has 4 rings (SSSR count). The summed E-state index contributed by atoms with van der Waals surface area (Å²) in [5.41, 5.74) is 1.98. The van der Waals surface area contributed by atoms with Crippen LogP contribution in [-0.4, -0.2) is 15.2 Å². The van der Waals surface area contributed by atoms with E-state index in [4.69, 9.17) is 9.15 Å². The molecule has 136 valence electrons. The summed E-state index contributed by atoms with van der Waals surface area (Å²) in [7, 11) is 0. The van der Waals surface area contributed by atoms with E-state index >= 15 is 0 Å². The van der Waals surface area contributed by atoms with Crippen LogP contribution in [0, 0.1) is 13.8 Å². The fourth-order valence-corrected chi connectivity index (χ4v) is 4.16. The normalized spacial score (nSPS) is 10.9. The predicted octanol–water partition coefficient (Wildman–Crippen LogP) is 5.89. The third-order valence-corrected chi connectivity index (χ3v) is 5.73. The maximum atomic E-state index is 6.00. The van der Waals surface area contributed by atoms with E-state index in [9.17, 15) is 0 Å². The average molecular weight is 396 g/mol. The molecule has 5 nitrogen and oxygen atoms in total. The molecule has 4 aromatic rings. The van der Waals surface area contributed by atoms with Crippen LogP contribution >= 0.6 is 23.1 Å². The van der Waals surface area contributed by atoms with Crippen LogP contribution in [0.1, 0.15) is 16.3 Å². The lowest BCUT2D eigenvalue weighted by Gasteiger charge is -2.10. The largest absolute Gasteiger partial charge is 0.457 e. The zero-order valence-corrected chi connectivity index (χ0v) is 16.5. The Morgan fingerprint density at radius 3 is 2.56 bits per heavy atom. The number of hydrogen-bond acceptors (Lipinski definition) is 7. The fourth-order valence-electron chi connectivity index (χ4n) is 2.57. The summed E-state index contributed by atoms with van der Waals surface area (Å²) in [6, 6.07) is 17.7. The Morgan fingerprint density at radius 2 is 1.78 bits per heavy atom. The first-order valence-corrected chi connectivity index (χ1v) is 10.2. The Balaban J connectivity index is 1.47. The molecule has 0 N–H and O–H groups in total. The van der Waals surface area contributed by atoms with E-state index in [1.165, 1.54) is 11.8 Å². The van der Waals surface area contributed by atoms with Crippen LogP contribution < -0.4 is 4.74 Å². The molecule has 0 unspecified atom stereocenters. The molecular formula is C20H17N3O2S2. The lowest BCUT2D eigenvalue weighted by molar-refractivity contribution is 0.465. The Bertz CT molecular complexity index is 1040. The van der Waals surface area contributed by atoms with Gasteiger partial charge < -0.3 is 9.15 Å². The van der Waals surface area contributed by atoms with Crippen LogP contribution in [-0.2, 0) is 5.75 Å². The Kier molecular flexibility index (Phi) is 5.22. The van der Waals surface area contributed by atoms with Crippen LogP contribution in [0.5, 0.6) is 11.5 Å².